The molecule has 2 rings (SSSR count). The number of carbonyl (C=O) groups excluding carboxylic acids is 1. The molecule has 2 aliphatic rings. The quantitative estimate of drug-likeness (QED) is 0.593. The summed E-state index contributed by atoms with van der Waals surface area (Å²) in [6, 6.07) is 0. The molecule has 0 spiro atoms. The molecule has 14 heavy (non-hydrogen) atoms. The molecule has 80 valence electrons. The van der Waals surface area contributed by atoms with E-state index in [1.807, 2.05) is 11.8 Å². The van der Waals surface area contributed by atoms with Crippen LogP contribution in [0.3, 0.4) is 0 Å². The zero-order valence-electron chi connectivity index (χ0n) is 8.57. The first-order chi connectivity index (χ1) is 6.68. The van der Waals surface area contributed by atoms with Crippen molar-refractivity contribution in [3.63, 3.8) is 0 Å². The normalized spacial score (nSPS) is 34.0. The molecular weight excluding hydrogens is 180 g/mol. The van der Waals surface area contributed by atoms with Gasteiger partial charge < -0.3 is 15.3 Å². The van der Waals surface area contributed by atoms with Gasteiger partial charge in [-0.2, -0.15) is 0 Å². The summed E-state index contributed by atoms with van der Waals surface area (Å²) in [7, 11) is 0. The van der Waals surface area contributed by atoms with Gasteiger partial charge in [0.1, 0.15) is 0 Å². The minimum atomic E-state index is -0.224. The van der Waals surface area contributed by atoms with Crippen LogP contribution in [0, 0.1) is 11.8 Å². The molecule has 2 atom stereocenters. The summed E-state index contributed by atoms with van der Waals surface area (Å²) in [4.78, 5) is 13.7. The monoisotopic (exact) mass is 198 g/mol. The van der Waals surface area contributed by atoms with Crippen molar-refractivity contribution in [3.8, 4) is 0 Å². The van der Waals surface area contributed by atoms with E-state index in [0.29, 0.717) is 0 Å². The van der Waals surface area contributed by atoms with E-state index in [2.05, 4.69) is 5.32 Å². The number of rotatable bonds is 1. The first-order valence-electron chi connectivity index (χ1n) is 5.36. The molecule has 0 aromatic carbocycles. The Bertz CT molecular complexity index is 228. The smallest absolute Gasteiger partial charge is 0.228 e. The maximum Gasteiger partial charge on any atom is 0.228 e. The van der Waals surface area contributed by atoms with Crippen molar-refractivity contribution in [1.82, 2.24) is 10.2 Å². The van der Waals surface area contributed by atoms with E-state index in [9.17, 15) is 9.90 Å². The van der Waals surface area contributed by atoms with Crippen LogP contribution in [-0.2, 0) is 4.79 Å². The van der Waals surface area contributed by atoms with Gasteiger partial charge in [0.2, 0.25) is 5.91 Å². The molecule has 2 aliphatic heterocycles. The second kappa shape index (κ2) is 3.87. The van der Waals surface area contributed by atoms with Crippen LogP contribution in [0.4, 0.5) is 0 Å². The van der Waals surface area contributed by atoms with E-state index < -0.39 is 0 Å². The first-order valence-corrected chi connectivity index (χ1v) is 5.36. The Morgan fingerprint density at radius 3 is 2.71 bits per heavy atom. The van der Waals surface area contributed by atoms with Crippen molar-refractivity contribution in [2.24, 2.45) is 11.8 Å². The third-order valence-corrected chi connectivity index (χ3v) is 3.30. The van der Waals surface area contributed by atoms with Crippen LogP contribution in [0.15, 0.2) is 0 Å². The molecule has 0 unspecified atom stereocenters. The molecule has 4 heteroatoms. The van der Waals surface area contributed by atoms with Crippen molar-refractivity contribution >= 4 is 5.91 Å². The Balaban J connectivity index is 1.88. The molecular formula is C10H18N2O2. The van der Waals surface area contributed by atoms with Crippen LogP contribution in [-0.4, -0.2) is 48.2 Å². The van der Waals surface area contributed by atoms with Crippen molar-refractivity contribution in [1.29, 1.82) is 0 Å². The standard InChI is InChI=1S/C10H18N2O2/c1-7-6-12(3-2-9(7)13)10(14)8-4-11-5-8/h7-9,11,13H,2-6H2,1H3/t7-,9+/m0/s1. The van der Waals surface area contributed by atoms with E-state index in [1.54, 1.807) is 0 Å². The molecule has 2 saturated heterocycles. The van der Waals surface area contributed by atoms with Crippen molar-refractivity contribution in [2.75, 3.05) is 26.2 Å². The average Bonchev–Trinajstić information content (AvgIpc) is 2.06. The van der Waals surface area contributed by atoms with Gasteiger partial charge in [-0.05, 0) is 12.3 Å². The zero-order valence-corrected chi connectivity index (χ0v) is 8.57. The van der Waals surface area contributed by atoms with Crippen LogP contribution >= 0.6 is 0 Å². The Morgan fingerprint density at radius 2 is 2.21 bits per heavy atom. The predicted octanol–water partition coefficient (Wildman–Crippen LogP) is -0.565. The lowest BCUT2D eigenvalue weighted by atomic mass is 9.94. The number of carbonyl (C=O) groups is 1. The largest absolute Gasteiger partial charge is 0.393 e. The average molecular weight is 198 g/mol. The Hall–Kier alpha value is -0.610. The minimum absolute atomic E-state index is 0.192. The molecule has 2 N–H and O–H groups in total. The minimum Gasteiger partial charge on any atom is -0.393 e. The lowest BCUT2D eigenvalue weighted by molar-refractivity contribution is -0.140. The van der Waals surface area contributed by atoms with Crippen LogP contribution < -0.4 is 5.32 Å². The fourth-order valence-electron chi connectivity index (χ4n) is 2.05. The number of piperidine rings is 1. The second-order valence-electron chi connectivity index (χ2n) is 4.47. The Labute approximate surface area is 84.3 Å². The van der Waals surface area contributed by atoms with Crippen LogP contribution in [0.5, 0.6) is 0 Å². The number of nitrogens with zero attached hydrogens (tertiary/aromatic N) is 1. The number of aliphatic hydroxyl groups excluding tert-OH is 1. The van der Waals surface area contributed by atoms with Crippen LogP contribution in [0.25, 0.3) is 0 Å². The summed E-state index contributed by atoms with van der Waals surface area (Å²) < 4.78 is 0. The highest BCUT2D eigenvalue weighted by Gasteiger charge is 2.33. The number of amides is 1. The molecule has 2 heterocycles. The lowest BCUT2D eigenvalue weighted by Gasteiger charge is -2.38. The maximum atomic E-state index is 11.8. The van der Waals surface area contributed by atoms with E-state index in [-0.39, 0.29) is 23.8 Å². The molecule has 1 amide bonds. The second-order valence-corrected chi connectivity index (χ2v) is 4.47. The van der Waals surface area contributed by atoms with Gasteiger partial charge in [0.05, 0.1) is 12.0 Å². The third kappa shape index (κ3) is 1.77. The van der Waals surface area contributed by atoms with Crippen molar-refractivity contribution in [3.05, 3.63) is 0 Å². The summed E-state index contributed by atoms with van der Waals surface area (Å²) >= 11 is 0. The van der Waals surface area contributed by atoms with E-state index in [1.165, 1.54) is 0 Å². The summed E-state index contributed by atoms with van der Waals surface area (Å²) in [6.07, 6.45) is 0.506. The highest BCUT2D eigenvalue weighted by Crippen LogP contribution is 2.19. The lowest BCUT2D eigenvalue weighted by Crippen LogP contribution is -2.55. The molecule has 2 fully saturated rings. The van der Waals surface area contributed by atoms with Crippen molar-refractivity contribution < 1.29 is 9.90 Å². The summed E-state index contributed by atoms with van der Waals surface area (Å²) in [6.45, 7) is 5.10. The van der Waals surface area contributed by atoms with Gasteiger partial charge in [0, 0.05) is 26.2 Å². The van der Waals surface area contributed by atoms with Gasteiger partial charge in [0.15, 0.2) is 0 Å². The van der Waals surface area contributed by atoms with Crippen LogP contribution in [0.1, 0.15) is 13.3 Å². The van der Waals surface area contributed by atoms with Crippen molar-refractivity contribution in [2.45, 2.75) is 19.4 Å². The Kier molecular flexibility index (Phi) is 2.74. The molecule has 4 nitrogen and oxygen atoms in total. The molecule has 0 saturated carbocycles. The molecule has 0 radical (unpaired) electrons. The maximum absolute atomic E-state index is 11.8. The number of aliphatic hydroxyl groups is 1. The molecule has 0 aliphatic carbocycles. The van der Waals surface area contributed by atoms with Gasteiger partial charge >= 0.3 is 0 Å². The number of hydrogen-bond acceptors (Lipinski definition) is 3. The van der Waals surface area contributed by atoms with E-state index in [0.717, 1.165) is 32.6 Å². The topological polar surface area (TPSA) is 52.6 Å². The summed E-state index contributed by atoms with van der Waals surface area (Å²) in [5.41, 5.74) is 0. The van der Waals surface area contributed by atoms with Gasteiger partial charge in [-0.3, -0.25) is 4.79 Å². The summed E-state index contributed by atoms with van der Waals surface area (Å²) in [5, 5.41) is 12.6. The Morgan fingerprint density at radius 1 is 1.50 bits per heavy atom. The number of likely N-dealkylation sites (tertiary alicyclic amines) is 1. The molecule has 0 aromatic heterocycles. The SMILES string of the molecule is C[C@H]1CN(C(=O)C2CNC2)CC[C@H]1O. The first kappa shape index (κ1) is 9.93. The van der Waals surface area contributed by atoms with Gasteiger partial charge in [-0.15, -0.1) is 0 Å². The molecule has 0 bridgehead atoms. The predicted molar refractivity (Wildman–Crippen MR) is 52.7 cm³/mol. The molecule has 0 aromatic rings. The summed E-state index contributed by atoms with van der Waals surface area (Å²) in [5.74, 6) is 0.681. The third-order valence-electron chi connectivity index (χ3n) is 3.30. The van der Waals surface area contributed by atoms with Gasteiger partial charge in [0.25, 0.3) is 0 Å². The van der Waals surface area contributed by atoms with E-state index in [4.69, 9.17) is 0 Å². The fraction of sp³-hybridized carbons (Fsp3) is 0.900. The van der Waals surface area contributed by atoms with Crippen LogP contribution in [0.2, 0.25) is 0 Å². The highest BCUT2D eigenvalue weighted by molar-refractivity contribution is 5.80. The van der Waals surface area contributed by atoms with Gasteiger partial charge in [-0.25, -0.2) is 0 Å². The number of hydrogen-bond donors (Lipinski definition) is 2. The van der Waals surface area contributed by atoms with Gasteiger partial charge in [-0.1, -0.05) is 6.92 Å². The van der Waals surface area contributed by atoms with E-state index >= 15 is 0 Å². The zero-order chi connectivity index (χ0) is 10.1. The number of nitrogens with one attached hydrogen (secondary N) is 1. The highest BCUT2D eigenvalue weighted by atomic mass is 16.3. The fourth-order valence-corrected chi connectivity index (χ4v) is 2.05.